The lowest BCUT2D eigenvalue weighted by molar-refractivity contribution is 0.539. The van der Waals surface area contributed by atoms with Gasteiger partial charge in [0.25, 0.3) is 0 Å². The number of anilines is 3. The van der Waals surface area contributed by atoms with Crippen molar-refractivity contribution < 1.29 is 0 Å². The van der Waals surface area contributed by atoms with E-state index in [9.17, 15) is 0 Å². The highest BCUT2D eigenvalue weighted by molar-refractivity contribution is 5.69. The van der Waals surface area contributed by atoms with Crippen LogP contribution in [0.5, 0.6) is 0 Å². The number of rotatable bonds is 6. The molecule has 0 spiro atoms. The summed E-state index contributed by atoms with van der Waals surface area (Å²) < 4.78 is 0. The minimum Gasteiger partial charge on any atom is -0.382 e. The standard InChI is InChI=1S/C20H28N2/c1-14(2)13-15(3)21-19-11-12-20(17(5)16(19)4)22-18-9-7-6-8-10-18/h6-12,14-15,21-22H,13H2,1-5H3. The average Bonchev–Trinajstić information content (AvgIpc) is 2.47. The van der Waals surface area contributed by atoms with Crippen molar-refractivity contribution in [2.24, 2.45) is 5.92 Å². The Bertz CT molecular complexity index is 603. The molecule has 0 aliphatic carbocycles. The summed E-state index contributed by atoms with van der Waals surface area (Å²) in [5.41, 5.74) is 6.15. The van der Waals surface area contributed by atoms with Gasteiger partial charge in [0.05, 0.1) is 0 Å². The summed E-state index contributed by atoms with van der Waals surface area (Å²) in [6.45, 7) is 11.2. The van der Waals surface area contributed by atoms with Gasteiger partial charge in [-0.2, -0.15) is 0 Å². The van der Waals surface area contributed by atoms with E-state index in [1.54, 1.807) is 0 Å². The van der Waals surface area contributed by atoms with E-state index in [0.29, 0.717) is 12.0 Å². The second-order valence-corrected chi connectivity index (χ2v) is 6.58. The van der Waals surface area contributed by atoms with Gasteiger partial charge in [-0.25, -0.2) is 0 Å². The molecule has 0 aliphatic rings. The first-order chi connectivity index (χ1) is 10.5. The van der Waals surface area contributed by atoms with E-state index in [1.807, 2.05) is 18.2 Å². The van der Waals surface area contributed by atoms with E-state index in [0.717, 1.165) is 5.69 Å². The van der Waals surface area contributed by atoms with Crippen molar-refractivity contribution in [3.63, 3.8) is 0 Å². The highest BCUT2D eigenvalue weighted by atomic mass is 14.9. The van der Waals surface area contributed by atoms with Crippen molar-refractivity contribution in [3.05, 3.63) is 53.6 Å². The third-order valence-corrected chi connectivity index (χ3v) is 4.07. The van der Waals surface area contributed by atoms with Gasteiger partial charge in [-0.15, -0.1) is 0 Å². The molecular formula is C20H28N2. The number of nitrogens with one attached hydrogen (secondary N) is 2. The molecule has 0 heterocycles. The summed E-state index contributed by atoms with van der Waals surface area (Å²) in [6, 6.07) is 15.2. The van der Waals surface area contributed by atoms with Crippen LogP contribution >= 0.6 is 0 Å². The quantitative estimate of drug-likeness (QED) is 0.694. The molecule has 0 amide bonds. The molecule has 0 saturated carbocycles. The number of hydrogen-bond acceptors (Lipinski definition) is 2. The third kappa shape index (κ3) is 4.27. The van der Waals surface area contributed by atoms with Crippen LogP contribution in [0, 0.1) is 19.8 Å². The van der Waals surface area contributed by atoms with E-state index in [1.165, 1.54) is 28.9 Å². The lowest BCUT2D eigenvalue weighted by Gasteiger charge is -2.21. The van der Waals surface area contributed by atoms with Crippen LogP contribution in [-0.2, 0) is 0 Å². The molecule has 2 heteroatoms. The molecular weight excluding hydrogens is 268 g/mol. The Hall–Kier alpha value is -1.96. The number of benzene rings is 2. The maximum Gasteiger partial charge on any atom is 0.0418 e. The van der Waals surface area contributed by atoms with Gasteiger partial charge in [0, 0.05) is 23.1 Å². The van der Waals surface area contributed by atoms with Gasteiger partial charge in [-0.3, -0.25) is 0 Å². The normalized spacial score (nSPS) is 12.3. The van der Waals surface area contributed by atoms with Crippen molar-refractivity contribution in [2.75, 3.05) is 10.6 Å². The van der Waals surface area contributed by atoms with Crippen LogP contribution in [0.4, 0.5) is 17.1 Å². The predicted octanol–water partition coefficient (Wildman–Crippen LogP) is 5.89. The van der Waals surface area contributed by atoms with E-state index in [-0.39, 0.29) is 0 Å². The van der Waals surface area contributed by atoms with Crippen molar-refractivity contribution >= 4 is 17.1 Å². The molecule has 2 N–H and O–H groups in total. The Morgan fingerprint density at radius 3 is 2.05 bits per heavy atom. The fourth-order valence-corrected chi connectivity index (χ4v) is 2.82. The second kappa shape index (κ2) is 7.35. The van der Waals surface area contributed by atoms with Crippen molar-refractivity contribution in [3.8, 4) is 0 Å². The van der Waals surface area contributed by atoms with Crippen LogP contribution in [0.15, 0.2) is 42.5 Å². The highest BCUT2D eigenvalue weighted by Crippen LogP contribution is 2.29. The van der Waals surface area contributed by atoms with Crippen LogP contribution in [0.3, 0.4) is 0 Å². The van der Waals surface area contributed by atoms with Crippen molar-refractivity contribution in [1.82, 2.24) is 0 Å². The van der Waals surface area contributed by atoms with Crippen LogP contribution in [0.2, 0.25) is 0 Å². The van der Waals surface area contributed by atoms with E-state index >= 15 is 0 Å². The first-order valence-electron chi connectivity index (χ1n) is 8.16. The summed E-state index contributed by atoms with van der Waals surface area (Å²) in [5, 5.41) is 7.14. The summed E-state index contributed by atoms with van der Waals surface area (Å²) in [6.07, 6.45) is 1.18. The van der Waals surface area contributed by atoms with E-state index in [2.05, 4.69) is 69.5 Å². The molecule has 0 saturated heterocycles. The molecule has 0 fully saturated rings. The van der Waals surface area contributed by atoms with Crippen LogP contribution in [-0.4, -0.2) is 6.04 Å². The predicted molar refractivity (Wildman–Crippen MR) is 98.2 cm³/mol. The van der Waals surface area contributed by atoms with Gasteiger partial charge in [0.15, 0.2) is 0 Å². The molecule has 1 atom stereocenters. The van der Waals surface area contributed by atoms with Crippen LogP contribution in [0.25, 0.3) is 0 Å². The summed E-state index contributed by atoms with van der Waals surface area (Å²) >= 11 is 0. The Morgan fingerprint density at radius 1 is 0.818 bits per heavy atom. The Balaban J connectivity index is 2.15. The zero-order valence-corrected chi connectivity index (χ0v) is 14.4. The molecule has 0 bridgehead atoms. The fraction of sp³-hybridized carbons (Fsp3) is 0.400. The first-order valence-corrected chi connectivity index (χ1v) is 8.16. The van der Waals surface area contributed by atoms with Gasteiger partial charge in [0.2, 0.25) is 0 Å². The van der Waals surface area contributed by atoms with Gasteiger partial charge in [-0.05, 0) is 68.5 Å². The minimum absolute atomic E-state index is 0.492. The van der Waals surface area contributed by atoms with Gasteiger partial charge in [-0.1, -0.05) is 32.0 Å². The molecule has 0 radical (unpaired) electrons. The van der Waals surface area contributed by atoms with Crippen molar-refractivity contribution in [1.29, 1.82) is 0 Å². The molecule has 2 rings (SSSR count). The molecule has 0 aliphatic heterocycles. The largest absolute Gasteiger partial charge is 0.382 e. The first kappa shape index (κ1) is 16.4. The fourth-order valence-electron chi connectivity index (χ4n) is 2.82. The Morgan fingerprint density at radius 2 is 1.41 bits per heavy atom. The van der Waals surface area contributed by atoms with Gasteiger partial charge >= 0.3 is 0 Å². The maximum atomic E-state index is 3.65. The number of hydrogen-bond donors (Lipinski definition) is 2. The Labute approximate surface area is 135 Å². The number of para-hydroxylation sites is 1. The zero-order valence-electron chi connectivity index (χ0n) is 14.4. The summed E-state index contributed by atoms with van der Waals surface area (Å²) in [4.78, 5) is 0. The molecule has 118 valence electrons. The lowest BCUT2D eigenvalue weighted by Crippen LogP contribution is -2.18. The lowest BCUT2D eigenvalue weighted by atomic mass is 10.0. The second-order valence-electron chi connectivity index (χ2n) is 6.58. The molecule has 2 nitrogen and oxygen atoms in total. The molecule has 2 aromatic carbocycles. The molecule has 2 aromatic rings. The maximum absolute atomic E-state index is 3.65. The van der Waals surface area contributed by atoms with Gasteiger partial charge in [0.1, 0.15) is 0 Å². The topological polar surface area (TPSA) is 24.1 Å². The monoisotopic (exact) mass is 296 g/mol. The van der Waals surface area contributed by atoms with Crippen LogP contribution < -0.4 is 10.6 Å². The molecule has 22 heavy (non-hydrogen) atoms. The smallest absolute Gasteiger partial charge is 0.0418 e. The Kier molecular flexibility index (Phi) is 5.48. The molecule has 1 unspecified atom stereocenters. The van der Waals surface area contributed by atoms with E-state index in [4.69, 9.17) is 0 Å². The minimum atomic E-state index is 0.492. The SMILES string of the molecule is Cc1c(Nc2ccccc2)ccc(NC(C)CC(C)C)c1C. The third-order valence-electron chi connectivity index (χ3n) is 4.07. The van der Waals surface area contributed by atoms with E-state index < -0.39 is 0 Å². The summed E-state index contributed by atoms with van der Waals surface area (Å²) in [7, 11) is 0. The molecule has 0 aromatic heterocycles. The zero-order chi connectivity index (χ0) is 16.1. The summed E-state index contributed by atoms with van der Waals surface area (Å²) in [5.74, 6) is 0.711. The van der Waals surface area contributed by atoms with Gasteiger partial charge < -0.3 is 10.6 Å². The van der Waals surface area contributed by atoms with Crippen LogP contribution in [0.1, 0.15) is 38.3 Å². The average molecular weight is 296 g/mol. The van der Waals surface area contributed by atoms with Crippen molar-refractivity contribution in [2.45, 2.75) is 47.1 Å². The highest BCUT2D eigenvalue weighted by Gasteiger charge is 2.10.